The van der Waals surface area contributed by atoms with Gasteiger partial charge in [0.05, 0.1) is 23.5 Å². The molecule has 0 aliphatic heterocycles. The molecule has 8 heteroatoms. The van der Waals surface area contributed by atoms with Crippen LogP contribution in [0.2, 0.25) is 5.02 Å². The Morgan fingerprint density at radius 2 is 1.96 bits per heavy atom. The predicted octanol–water partition coefficient (Wildman–Crippen LogP) is 5.50. The minimum atomic E-state index is -0.526. The molecule has 3 aromatic rings. The molecule has 3 rings (SSSR count). The molecule has 1 amide bonds. The van der Waals surface area contributed by atoms with Gasteiger partial charge >= 0.3 is 0 Å². The maximum atomic E-state index is 14.0. The Hall–Kier alpha value is -1.70. The summed E-state index contributed by atoms with van der Waals surface area (Å²) >= 11 is 12.3. The van der Waals surface area contributed by atoms with Gasteiger partial charge in [-0.15, -0.1) is 0 Å². The molecular formula is C17H11Br2ClFN3O. The van der Waals surface area contributed by atoms with Crippen molar-refractivity contribution in [1.29, 1.82) is 0 Å². The zero-order chi connectivity index (χ0) is 18.0. The summed E-state index contributed by atoms with van der Waals surface area (Å²) in [4.78, 5) is 12.3. The van der Waals surface area contributed by atoms with Gasteiger partial charge in [0.25, 0.3) is 5.91 Å². The number of aromatic nitrogens is 2. The average Bonchev–Trinajstić information content (AvgIpc) is 2.96. The van der Waals surface area contributed by atoms with E-state index in [9.17, 15) is 9.18 Å². The van der Waals surface area contributed by atoms with E-state index in [4.69, 9.17) is 11.6 Å². The van der Waals surface area contributed by atoms with Crippen LogP contribution in [0, 0.1) is 5.82 Å². The molecule has 0 spiro atoms. The molecule has 1 N–H and O–H groups in total. The molecule has 0 fully saturated rings. The van der Waals surface area contributed by atoms with Gasteiger partial charge in [0.1, 0.15) is 5.82 Å². The largest absolute Gasteiger partial charge is 0.319 e. The maximum Gasteiger partial charge on any atom is 0.255 e. The molecule has 4 nitrogen and oxygen atoms in total. The summed E-state index contributed by atoms with van der Waals surface area (Å²) in [5.41, 5.74) is 1.49. The average molecular weight is 488 g/mol. The van der Waals surface area contributed by atoms with E-state index < -0.39 is 11.7 Å². The number of nitrogens with zero attached hydrogens (tertiary/aromatic N) is 2. The van der Waals surface area contributed by atoms with E-state index in [0.29, 0.717) is 26.1 Å². The molecule has 128 valence electrons. The fraction of sp³-hybridized carbons (Fsp3) is 0.0588. The van der Waals surface area contributed by atoms with Crippen molar-refractivity contribution >= 4 is 55.1 Å². The summed E-state index contributed by atoms with van der Waals surface area (Å²) in [7, 11) is 0. The standard InChI is InChI=1S/C17H11Br2ClFN3O/c18-12-5-14(19)16(15(21)6-12)23-17(25)11-3-1-10(2-4-11)8-24-9-13(20)7-22-24/h1-7,9H,8H2,(H,23,25). The Kier molecular flexibility index (Phi) is 5.56. The molecule has 0 bridgehead atoms. The van der Waals surface area contributed by atoms with Crippen LogP contribution in [-0.2, 0) is 6.54 Å². The lowest BCUT2D eigenvalue weighted by atomic mass is 10.1. The third-order valence-electron chi connectivity index (χ3n) is 3.41. The van der Waals surface area contributed by atoms with Crippen molar-refractivity contribution in [2.45, 2.75) is 6.54 Å². The Labute approximate surface area is 165 Å². The van der Waals surface area contributed by atoms with Crippen LogP contribution in [0.1, 0.15) is 15.9 Å². The molecule has 0 aliphatic carbocycles. The summed E-state index contributed by atoms with van der Waals surface area (Å²) in [5.74, 6) is -0.919. The topological polar surface area (TPSA) is 46.9 Å². The first-order chi connectivity index (χ1) is 11.9. The number of carbonyl (C=O) groups is 1. The third kappa shape index (κ3) is 4.48. The normalized spacial score (nSPS) is 10.7. The zero-order valence-corrected chi connectivity index (χ0v) is 16.6. The van der Waals surface area contributed by atoms with Gasteiger partial charge in [-0.2, -0.15) is 5.10 Å². The van der Waals surface area contributed by atoms with Crippen molar-refractivity contribution in [3.63, 3.8) is 0 Å². The predicted molar refractivity (Wildman–Crippen MR) is 103 cm³/mol. The highest BCUT2D eigenvalue weighted by atomic mass is 79.9. The van der Waals surface area contributed by atoms with E-state index in [-0.39, 0.29) is 5.69 Å². The number of nitrogens with one attached hydrogen (secondary N) is 1. The lowest BCUT2D eigenvalue weighted by Crippen LogP contribution is -2.13. The van der Waals surface area contributed by atoms with Crippen LogP contribution in [0.4, 0.5) is 10.1 Å². The Morgan fingerprint density at radius 3 is 2.56 bits per heavy atom. The van der Waals surface area contributed by atoms with Gasteiger partial charge in [-0.1, -0.05) is 39.7 Å². The minimum absolute atomic E-state index is 0.100. The first-order valence-corrected chi connectivity index (χ1v) is 9.11. The summed E-state index contributed by atoms with van der Waals surface area (Å²) < 4.78 is 16.7. The van der Waals surface area contributed by atoms with Crippen LogP contribution >= 0.6 is 43.5 Å². The fourth-order valence-electron chi connectivity index (χ4n) is 2.22. The van der Waals surface area contributed by atoms with Gasteiger partial charge in [-0.05, 0) is 45.8 Å². The number of anilines is 1. The van der Waals surface area contributed by atoms with E-state index in [1.54, 1.807) is 35.3 Å². The smallest absolute Gasteiger partial charge is 0.255 e. The number of benzene rings is 2. The second-order valence-corrected chi connectivity index (χ2v) is 7.46. The SMILES string of the molecule is O=C(Nc1c(F)cc(Br)cc1Br)c1ccc(Cn2cc(Cl)cn2)cc1. The minimum Gasteiger partial charge on any atom is -0.319 e. The zero-order valence-electron chi connectivity index (χ0n) is 12.6. The monoisotopic (exact) mass is 485 g/mol. The van der Waals surface area contributed by atoms with Crippen molar-refractivity contribution in [3.8, 4) is 0 Å². The Morgan fingerprint density at radius 1 is 1.24 bits per heavy atom. The molecule has 2 aromatic carbocycles. The summed E-state index contributed by atoms with van der Waals surface area (Å²) in [6.07, 6.45) is 3.28. The molecule has 1 aromatic heterocycles. The second kappa shape index (κ2) is 7.68. The number of amides is 1. The van der Waals surface area contributed by atoms with E-state index in [2.05, 4.69) is 42.3 Å². The van der Waals surface area contributed by atoms with Crippen LogP contribution in [0.3, 0.4) is 0 Å². The van der Waals surface area contributed by atoms with Crippen LogP contribution in [0.15, 0.2) is 57.7 Å². The number of carbonyl (C=O) groups excluding carboxylic acids is 1. The summed E-state index contributed by atoms with van der Waals surface area (Å²) in [6.45, 7) is 0.543. The molecule has 0 saturated carbocycles. The van der Waals surface area contributed by atoms with Crippen LogP contribution in [0.25, 0.3) is 0 Å². The van der Waals surface area contributed by atoms with Crippen LogP contribution < -0.4 is 5.32 Å². The van der Waals surface area contributed by atoms with E-state index in [1.165, 1.54) is 6.07 Å². The second-order valence-electron chi connectivity index (χ2n) is 5.25. The van der Waals surface area contributed by atoms with Gasteiger partial charge in [-0.3, -0.25) is 9.48 Å². The van der Waals surface area contributed by atoms with Crippen molar-refractivity contribution in [3.05, 3.63) is 79.7 Å². The molecule has 0 radical (unpaired) electrons. The molecular weight excluding hydrogens is 476 g/mol. The lowest BCUT2D eigenvalue weighted by molar-refractivity contribution is 0.102. The summed E-state index contributed by atoms with van der Waals surface area (Å²) in [5, 5.41) is 7.25. The highest BCUT2D eigenvalue weighted by Crippen LogP contribution is 2.30. The Bertz CT molecular complexity index is 905. The Balaban J connectivity index is 1.73. The first-order valence-electron chi connectivity index (χ1n) is 7.15. The molecule has 25 heavy (non-hydrogen) atoms. The van der Waals surface area contributed by atoms with Crippen molar-refractivity contribution < 1.29 is 9.18 Å². The van der Waals surface area contributed by atoms with Gasteiger partial charge in [0, 0.05) is 20.7 Å². The van der Waals surface area contributed by atoms with E-state index in [1.807, 2.05) is 12.1 Å². The lowest BCUT2D eigenvalue weighted by Gasteiger charge is -2.10. The van der Waals surface area contributed by atoms with Crippen LogP contribution in [-0.4, -0.2) is 15.7 Å². The number of hydrogen-bond donors (Lipinski definition) is 1. The molecule has 0 aliphatic rings. The van der Waals surface area contributed by atoms with Crippen LogP contribution in [0.5, 0.6) is 0 Å². The maximum absolute atomic E-state index is 14.0. The van der Waals surface area contributed by atoms with E-state index in [0.717, 1.165) is 5.56 Å². The summed E-state index contributed by atoms with van der Waals surface area (Å²) in [6, 6.07) is 9.95. The number of rotatable bonds is 4. The number of halogens is 4. The van der Waals surface area contributed by atoms with Gasteiger partial charge in [-0.25, -0.2) is 4.39 Å². The molecule has 0 saturated heterocycles. The van der Waals surface area contributed by atoms with Gasteiger partial charge < -0.3 is 5.32 Å². The molecule has 1 heterocycles. The van der Waals surface area contributed by atoms with Crippen molar-refractivity contribution in [2.24, 2.45) is 0 Å². The number of hydrogen-bond acceptors (Lipinski definition) is 2. The fourth-order valence-corrected chi connectivity index (χ4v) is 3.65. The molecule has 0 unspecified atom stereocenters. The van der Waals surface area contributed by atoms with Gasteiger partial charge in [0.15, 0.2) is 0 Å². The highest BCUT2D eigenvalue weighted by Gasteiger charge is 2.13. The van der Waals surface area contributed by atoms with Crippen molar-refractivity contribution in [2.75, 3.05) is 5.32 Å². The van der Waals surface area contributed by atoms with Crippen molar-refractivity contribution in [1.82, 2.24) is 9.78 Å². The quantitative estimate of drug-likeness (QED) is 0.528. The first kappa shape index (κ1) is 18.1. The highest BCUT2D eigenvalue weighted by molar-refractivity contribution is 9.11. The molecule has 0 atom stereocenters. The third-order valence-corrected chi connectivity index (χ3v) is 4.69. The van der Waals surface area contributed by atoms with E-state index >= 15 is 0 Å². The van der Waals surface area contributed by atoms with Gasteiger partial charge in [0.2, 0.25) is 0 Å².